The number of hydrogen-bond donors (Lipinski definition) is 1. The Bertz CT molecular complexity index is 1330. The van der Waals surface area contributed by atoms with Crippen LogP contribution in [0.4, 0.5) is 11.4 Å². The van der Waals surface area contributed by atoms with Gasteiger partial charge in [-0.3, -0.25) is 9.10 Å². The number of fused-ring (bicyclic) bond motifs is 1. The highest BCUT2D eigenvalue weighted by Gasteiger charge is 2.24. The van der Waals surface area contributed by atoms with Crippen LogP contribution < -0.4 is 9.62 Å². The van der Waals surface area contributed by atoms with Crippen LogP contribution in [0.15, 0.2) is 83.8 Å². The van der Waals surface area contributed by atoms with E-state index < -0.39 is 10.0 Å². The fourth-order valence-corrected chi connectivity index (χ4v) is 5.74. The van der Waals surface area contributed by atoms with Crippen molar-refractivity contribution in [2.75, 3.05) is 16.2 Å². The molecular formula is C24H22N2O3S2. The fraction of sp³-hybridized carbons (Fsp3) is 0.125. The molecule has 0 atom stereocenters. The van der Waals surface area contributed by atoms with Crippen LogP contribution in [-0.4, -0.2) is 20.9 Å². The van der Waals surface area contributed by atoms with Crippen LogP contribution in [0.3, 0.4) is 0 Å². The van der Waals surface area contributed by atoms with E-state index >= 15 is 0 Å². The molecule has 4 aromatic rings. The first-order valence-corrected chi connectivity index (χ1v) is 12.1. The lowest BCUT2D eigenvalue weighted by Crippen LogP contribution is -2.30. The summed E-state index contributed by atoms with van der Waals surface area (Å²) in [4.78, 5) is 13.5. The zero-order chi connectivity index (χ0) is 22.0. The van der Waals surface area contributed by atoms with E-state index in [2.05, 4.69) is 5.32 Å². The van der Waals surface area contributed by atoms with E-state index in [9.17, 15) is 13.2 Å². The Morgan fingerprint density at radius 3 is 2.35 bits per heavy atom. The van der Waals surface area contributed by atoms with Crippen LogP contribution in [0.1, 0.15) is 22.2 Å². The maximum absolute atomic E-state index is 13.2. The first-order chi connectivity index (χ1) is 14.9. The minimum absolute atomic E-state index is 0.187. The minimum atomic E-state index is -3.68. The Labute approximate surface area is 186 Å². The molecule has 0 unspecified atom stereocenters. The van der Waals surface area contributed by atoms with Crippen LogP contribution in [0.25, 0.3) is 10.1 Å². The van der Waals surface area contributed by atoms with Gasteiger partial charge in [0.2, 0.25) is 0 Å². The normalized spacial score (nSPS) is 11.4. The molecule has 7 heteroatoms. The molecule has 1 amide bonds. The Morgan fingerprint density at radius 1 is 0.968 bits per heavy atom. The van der Waals surface area contributed by atoms with Gasteiger partial charge in [0.05, 0.1) is 15.5 Å². The second kappa shape index (κ2) is 8.53. The molecule has 4 rings (SSSR count). The van der Waals surface area contributed by atoms with Gasteiger partial charge in [-0.2, -0.15) is 0 Å². The quantitative estimate of drug-likeness (QED) is 0.411. The van der Waals surface area contributed by atoms with E-state index in [0.717, 1.165) is 21.3 Å². The molecule has 31 heavy (non-hydrogen) atoms. The number of carbonyl (C=O) groups is 1. The molecule has 0 bridgehead atoms. The monoisotopic (exact) mass is 450 g/mol. The first kappa shape index (κ1) is 21.1. The maximum atomic E-state index is 13.2. The van der Waals surface area contributed by atoms with Gasteiger partial charge in [-0.1, -0.05) is 35.9 Å². The van der Waals surface area contributed by atoms with Crippen LogP contribution in [0.5, 0.6) is 0 Å². The van der Waals surface area contributed by atoms with Crippen molar-refractivity contribution in [1.29, 1.82) is 0 Å². The number of thiophene rings is 1. The minimum Gasteiger partial charge on any atom is -0.321 e. The number of benzene rings is 3. The van der Waals surface area contributed by atoms with Crippen molar-refractivity contribution in [3.8, 4) is 0 Å². The van der Waals surface area contributed by atoms with Crippen LogP contribution >= 0.6 is 11.3 Å². The van der Waals surface area contributed by atoms with Crippen molar-refractivity contribution < 1.29 is 13.2 Å². The lowest BCUT2D eigenvalue weighted by Gasteiger charge is -2.23. The van der Waals surface area contributed by atoms with Gasteiger partial charge in [0.25, 0.3) is 15.9 Å². The number of rotatable bonds is 6. The number of carbonyl (C=O) groups excluding carboxylic acids is 1. The van der Waals surface area contributed by atoms with Crippen molar-refractivity contribution >= 4 is 48.7 Å². The van der Waals surface area contributed by atoms with Gasteiger partial charge in [-0.05, 0) is 67.8 Å². The van der Waals surface area contributed by atoms with E-state index in [1.54, 1.807) is 36.4 Å². The second-order valence-corrected chi connectivity index (χ2v) is 10.1. The predicted octanol–water partition coefficient (Wildman–Crippen LogP) is 5.68. The zero-order valence-corrected chi connectivity index (χ0v) is 18.8. The molecule has 0 saturated carbocycles. The third kappa shape index (κ3) is 4.33. The number of nitrogens with one attached hydrogen (secondary N) is 1. The van der Waals surface area contributed by atoms with E-state index in [0.29, 0.717) is 17.1 Å². The van der Waals surface area contributed by atoms with Crippen LogP contribution in [0.2, 0.25) is 0 Å². The van der Waals surface area contributed by atoms with Crippen molar-refractivity contribution in [3.63, 3.8) is 0 Å². The van der Waals surface area contributed by atoms with E-state index in [-0.39, 0.29) is 10.8 Å². The number of sulfonamides is 1. The highest BCUT2D eigenvalue weighted by atomic mass is 32.2. The molecule has 1 N–H and O–H groups in total. The number of hydrogen-bond acceptors (Lipinski definition) is 4. The predicted molar refractivity (Wildman–Crippen MR) is 128 cm³/mol. The Kier molecular flexibility index (Phi) is 5.80. The average molecular weight is 451 g/mol. The van der Waals surface area contributed by atoms with Gasteiger partial charge < -0.3 is 5.32 Å². The number of para-hydroxylation sites is 1. The van der Waals surface area contributed by atoms with Crippen molar-refractivity contribution in [3.05, 3.63) is 89.3 Å². The summed E-state index contributed by atoms with van der Waals surface area (Å²) >= 11 is 1.38. The van der Waals surface area contributed by atoms with Gasteiger partial charge >= 0.3 is 0 Å². The van der Waals surface area contributed by atoms with Crippen molar-refractivity contribution in [2.24, 2.45) is 0 Å². The van der Waals surface area contributed by atoms with Crippen molar-refractivity contribution in [1.82, 2.24) is 0 Å². The lowest BCUT2D eigenvalue weighted by atomic mass is 10.2. The third-order valence-electron chi connectivity index (χ3n) is 4.94. The van der Waals surface area contributed by atoms with E-state index in [1.165, 1.54) is 15.6 Å². The Balaban J connectivity index is 1.65. The average Bonchev–Trinajstić information content (AvgIpc) is 3.19. The molecule has 158 valence electrons. The zero-order valence-electron chi connectivity index (χ0n) is 17.2. The molecule has 0 saturated heterocycles. The standard InChI is InChI=1S/C24H22N2O3S2/c1-3-26(31(28,29)21-12-9-17(2)10-13-21)20-11-14-22-18(15-20)16-23(30-22)24(27)25-19-7-5-4-6-8-19/h4-16H,3H2,1-2H3,(H,25,27). The fourth-order valence-electron chi connectivity index (χ4n) is 3.34. The van der Waals surface area contributed by atoms with Gasteiger partial charge in [-0.15, -0.1) is 11.3 Å². The molecule has 0 radical (unpaired) electrons. The second-order valence-electron chi connectivity index (χ2n) is 7.14. The maximum Gasteiger partial charge on any atom is 0.265 e. The molecule has 1 aromatic heterocycles. The summed E-state index contributed by atoms with van der Waals surface area (Å²) in [5.74, 6) is -0.187. The molecule has 0 aliphatic heterocycles. The molecular weight excluding hydrogens is 428 g/mol. The molecule has 0 spiro atoms. The highest BCUT2D eigenvalue weighted by Crippen LogP contribution is 2.32. The molecule has 0 aliphatic rings. The number of nitrogens with zero attached hydrogens (tertiary/aromatic N) is 1. The lowest BCUT2D eigenvalue weighted by molar-refractivity contribution is 0.103. The number of amides is 1. The summed E-state index contributed by atoms with van der Waals surface area (Å²) in [7, 11) is -3.68. The van der Waals surface area contributed by atoms with Gasteiger partial charge in [0.1, 0.15) is 0 Å². The SMILES string of the molecule is CCN(c1ccc2sc(C(=O)Nc3ccccc3)cc2c1)S(=O)(=O)c1ccc(C)cc1. The van der Waals surface area contributed by atoms with Gasteiger partial charge in [0, 0.05) is 16.9 Å². The summed E-state index contributed by atoms with van der Waals surface area (Å²) in [5.41, 5.74) is 2.30. The van der Waals surface area contributed by atoms with Crippen LogP contribution in [-0.2, 0) is 10.0 Å². The molecule has 1 heterocycles. The topological polar surface area (TPSA) is 66.5 Å². The van der Waals surface area contributed by atoms with Gasteiger partial charge in [0.15, 0.2) is 0 Å². The summed E-state index contributed by atoms with van der Waals surface area (Å²) in [6, 6.07) is 23.4. The van der Waals surface area contributed by atoms with Gasteiger partial charge in [-0.25, -0.2) is 8.42 Å². The van der Waals surface area contributed by atoms with E-state index in [4.69, 9.17) is 0 Å². The first-order valence-electron chi connectivity index (χ1n) is 9.88. The number of aryl methyl sites for hydroxylation is 1. The summed E-state index contributed by atoms with van der Waals surface area (Å²) in [6.45, 7) is 4.03. The summed E-state index contributed by atoms with van der Waals surface area (Å²) in [6.07, 6.45) is 0. The van der Waals surface area contributed by atoms with Crippen molar-refractivity contribution in [2.45, 2.75) is 18.7 Å². The molecule has 0 aliphatic carbocycles. The molecule has 0 fully saturated rings. The Hall–Kier alpha value is -3.16. The third-order valence-corrected chi connectivity index (χ3v) is 7.97. The van der Waals surface area contributed by atoms with Crippen LogP contribution in [0, 0.1) is 6.92 Å². The smallest absolute Gasteiger partial charge is 0.265 e. The molecule has 3 aromatic carbocycles. The molecule has 5 nitrogen and oxygen atoms in total. The Morgan fingerprint density at radius 2 is 1.68 bits per heavy atom. The van der Waals surface area contributed by atoms with E-state index in [1.807, 2.05) is 56.3 Å². The summed E-state index contributed by atoms with van der Waals surface area (Å²) in [5, 5.41) is 3.71. The number of anilines is 2. The highest BCUT2D eigenvalue weighted by molar-refractivity contribution is 7.92. The largest absolute Gasteiger partial charge is 0.321 e. The summed E-state index contributed by atoms with van der Waals surface area (Å²) < 4.78 is 28.7.